The maximum atomic E-state index is 12.2. The van der Waals surface area contributed by atoms with E-state index >= 15 is 0 Å². The number of rotatable bonds is 4. The first kappa shape index (κ1) is 18.4. The highest BCUT2D eigenvalue weighted by atomic mass is 32.2. The van der Waals surface area contributed by atoms with Crippen molar-refractivity contribution in [3.05, 3.63) is 101 Å². The van der Waals surface area contributed by atoms with Gasteiger partial charge in [0.05, 0.1) is 5.75 Å². The Morgan fingerprint density at radius 2 is 1.56 bits per heavy atom. The Morgan fingerprint density at radius 1 is 0.889 bits per heavy atom. The van der Waals surface area contributed by atoms with Crippen molar-refractivity contribution in [3.8, 4) is 11.8 Å². The molecule has 0 unspecified atom stereocenters. The van der Waals surface area contributed by atoms with Crippen LogP contribution in [0, 0.1) is 11.8 Å². The average Bonchev–Trinajstić information content (AvgIpc) is 2.67. The van der Waals surface area contributed by atoms with E-state index in [0.29, 0.717) is 5.56 Å². The molecule has 1 heterocycles. The molecule has 0 aliphatic carbocycles. The standard InChI is InChI=1S/C21H16N2O3S/c24-21(23-27(25,26)16-19-7-4-14-22-15-19)20-12-10-18(11-13-20)9-8-17-5-2-1-3-6-17/h1-7,10-15H,16H2,(H,23,24). The van der Waals surface area contributed by atoms with Gasteiger partial charge in [0.15, 0.2) is 0 Å². The van der Waals surface area contributed by atoms with Gasteiger partial charge in [0, 0.05) is 29.1 Å². The second-order valence-electron chi connectivity index (χ2n) is 5.74. The second-order valence-corrected chi connectivity index (χ2v) is 7.47. The maximum Gasteiger partial charge on any atom is 0.264 e. The minimum absolute atomic E-state index is 0.245. The molecular formula is C21H16N2O3S. The molecule has 1 aromatic heterocycles. The summed E-state index contributed by atoms with van der Waals surface area (Å²) in [6.07, 6.45) is 3.00. The Bertz CT molecular complexity index is 1080. The van der Waals surface area contributed by atoms with Crippen molar-refractivity contribution in [2.45, 2.75) is 5.75 Å². The second kappa shape index (κ2) is 8.30. The molecule has 3 aromatic rings. The molecule has 0 radical (unpaired) electrons. The number of hydrogen-bond donors (Lipinski definition) is 1. The fourth-order valence-electron chi connectivity index (χ4n) is 2.31. The molecule has 0 saturated heterocycles. The number of carbonyl (C=O) groups is 1. The van der Waals surface area contributed by atoms with Gasteiger partial charge in [-0.15, -0.1) is 0 Å². The average molecular weight is 376 g/mol. The summed E-state index contributed by atoms with van der Waals surface area (Å²) in [4.78, 5) is 16.1. The molecule has 0 saturated carbocycles. The molecule has 1 N–H and O–H groups in total. The van der Waals surface area contributed by atoms with Crippen molar-refractivity contribution in [1.82, 2.24) is 9.71 Å². The van der Waals surface area contributed by atoms with Crippen LogP contribution in [0.4, 0.5) is 0 Å². The van der Waals surface area contributed by atoms with Crippen molar-refractivity contribution in [2.75, 3.05) is 0 Å². The molecule has 0 aliphatic rings. The number of carbonyl (C=O) groups excluding carboxylic acids is 1. The number of benzene rings is 2. The summed E-state index contributed by atoms with van der Waals surface area (Å²) in [6.45, 7) is 0. The summed E-state index contributed by atoms with van der Waals surface area (Å²) in [5, 5.41) is 0. The van der Waals surface area contributed by atoms with Crippen LogP contribution in [0.5, 0.6) is 0 Å². The zero-order valence-corrected chi connectivity index (χ0v) is 15.1. The predicted molar refractivity (Wildman–Crippen MR) is 103 cm³/mol. The fourth-order valence-corrected chi connectivity index (χ4v) is 3.39. The first-order valence-electron chi connectivity index (χ1n) is 8.13. The fraction of sp³-hybridized carbons (Fsp3) is 0.0476. The van der Waals surface area contributed by atoms with Gasteiger partial charge < -0.3 is 0 Å². The molecule has 5 nitrogen and oxygen atoms in total. The van der Waals surface area contributed by atoms with E-state index in [0.717, 1.165) is 11.1 Å². The van der Waals surface area contributed by atoms with Crippen LogP contribution in [-0.4, -0.2) is 19.3 Å². The maximum absolute atomic E-state index is 12.2. The molecule has 1 amide bonds. The van der Waals surface area contributed by atoms with E-state index in [4.69, 9.17) is 0 Å². The quantitative estimate of drug-likeness (QED) is 0.711. The van der Waals surface area contributed by atoms with Crippen LogP contribution in [0.15, 0.2) is 79.1 Å². The highest BCUT2D eigenvalue weighted by Gasteiger charge is 2.16. The first-order chi connectivity index (χ1) is 13.0. The van der Waals surface area contributed by atoms with Gasteiger partial charge >= 0.3 is 0 Å². The van der Waals surface area contributed by atoms with Crippen molar-refractivity contribution in [1.29, 1.82) is 0 Å². The summed E-state index contributed by atoms with van der Waals surface area (Å²) in [5.74, 6) is 5.03. The predicted octanol–water partition coefficient (Wildman–Crippen LogP) is 2.74. The van der Waals surface area contributed by atoms with Gasteiger partial charge in [0.1, 0.15) is 0 Å². The van der Waals surface area contributed by atoms with E-state index in [9.17, 15) is 13.2 Å². The molecule has 0 fully saturated rings. The third kappa shape index (κ3) is 5.53. The van der Waals surface area contributed by atoms with Gasteiger partial charge in [0.25, 0.3) is 5.91 Å². The van der Waals surface area contributed by atoms with Crippen LogP contribution in [0.3, 0.4) is 0 Å². The zero-order chi connectivity index (χ0) is 19.1. The van der Waals surface area contributed by atoms with E-state index in [2.05, 4.69) is 21.5 Å². The number of pyridine rings is 1. The summed E-state index contributed by atoms with van der Waals surface area (Å²) in [7, 11) is -3.81. The number of aromatic nitrogens is 1. The summed E-state index contributed by atoms with van der Waals surface area (Å²) < 4.78 is 26.3. The van der Waals surface area contributed by atoms with E-state index in [1.807, 2.05) is 30.3 Å². The minimum atomic E-state index is -3.81. The third-order valence-corrected chi connectivity index (χ3v) is 4.81. The lowest BCUT2D eigenvalue weighted by Crippen LogP contribution is -2.31. The Balaban J connectivity index is 1.66. The van der Waals surface area contributed by atoms with Crippen molar-refractivity contribution in [3.63, 3.8) is 0 Å². The van der Waals surface area contributed by atoms with Gasteiger partial charge in [-0.25, -0.2) is 13.1 Å². The molecule has 6 heteroatoms. The van der Waals surface area contributed by atoms with Crippen LogP contribution in [-0.2, 0) is 15.8 Å². The van der Waals surface area contributed by atoms with Crippen LogP contribution >= 0.6 is 0 Å². The Kier molecular flexibility index (Phi) is 5.64. The highest BCUT2D eigenvalue weighted by Crippen LogP contribution is 2.07. The number of nitrogens with zero attached hydrogens (tertiary/aromatic N) is 1. The van der Waals surface area contributed by atoms with Gasteiger partial charge in [-0.05, 0) is 48.0 Å². The normalized spacial score (nSPS) is 10.5. The molecule has 134 valence electrons. The lowest BCUT2D eigenvalue weighted by molar-refractivity contribution is 0.0981. The van der Waals surface area contributed by atoms with Gasteiger partial charge in [-0.1, -0.05) is 36.1 Å². The summed E-state index contributed by atoms with van der Waals surface area (Å²) in [5.41, 5.74) is 2.37. The van der Waals surface area contributed by atoms with E-state index in [1.54, 1.807) is 42.6 Å². The molecule has 3 rings (SSSR count). The highest BCUT2D eigenvalue weighted by molar-refractivity contribution is 7.89. The molecule has 0 aliphatic heterocycles. The number of nitrogens with one attached hydrogen (secondary N) is 1. The SMILES string of the molecule is O=C(NS(=O)(=O)Cc1cccnc1)c1ccc(C#Cc2ccccc2)cc1. The van der Waals surface area contributed by atoms with Crippen LogP contribution in [0.2, 0.25) is 0 Å². The van der Waals surface area contributed by atoms with Gasteiger partial charge in [-0.3, -0.25) is 9.78 Å². The van der Waals surface area contributed by atoms with E-state index in [1.165, 1.54) is 6.20 Å². The van der Waals surface area contributed by atoms with Crippen molar-refractivity contribution < 1.29 is 13.2 Å². The number of amides is 1. The summed E-state index contributed by atoms with van der Waals surface area (Å²) in [6, 6.07) is 19.3. The monoisotopic (exact) mass is 376 g/mol. The first-order valence-corrected chi connectivity index (χ1v) is 9.78. The molecule has 2 aromatic carbocycles. The van der Waals surface area contributed by atoms with E-state index in [-0.39, 0.29) is 11.3 Å². The minimum Gasteiger partial charge on any atom is -0.268 e. The topological polar surface area (TPSA) is 76.1 Å². The molecule has 0 bridgehead atoms. The molecular weight excluding hydrogens is 360 g/mol. The Hall–Kier alpha value is -3.43. The lowest BCUT2D eigenvalue weighted by Gasteiger charge is -2.07. The third-order valence-electron chi connectivity index (χ3n) is 3.60. The number of sulfonamides is 1. The van der Waals surface area contributed by atoms with Crippen molar-refractivity contribution in [2.24, 2.45) is 0 Å². The summed E-state index contributed by atoms with van der Waals surface area (Å²) >= 11 is 0. The number of hydrogen-bond acceptors (Lipinski definition) is 4. The molecule has 0 spiro atoms. The van der Waals surface area contributed by atoms with E-state index < -0.39 is 15.9 Å². The van der Waals surface area contributed by atoms with Gasteiger partial charge in [-0.2, -0.15) is 0 Å². The van der Waals surface area contributed by atoms with Crippen molar-refractivity contribution >= 4 is 15.9 Å². The van der Waals surface area contributed by atoms with Gasteiger partial charge in [0.2, 0.25) is 10.0 Å². The van der Waals surface area contributed by atoms with Crippen LogP contribution in [0.1, 0.15) is 27.0 Å². The zero-order valence-electron chi connectivity index (χ0n) is 14.3. The molecule has 27 heavy (non-hydrogen) atoms. The smallest absolute Gasteiger partial charge is 0.264 e. The van der Waals surface area contributed by atoms with Crippen LogP contribution in [0.25, 0.3) is 0 Å². The molecule has 0 atom stereocenters. The lowest BCUT2D eigenvalue weighted by atomic mass is 10.1. The Morgan fingerprint density at radius 3 is 2.19 bits per heavy atom. The van der Waals surface area contributed by atoms with Crippen LogP contribution < -0.4 is 4.72 Å². The Labute approximate surface area is 158 Å². The largest absolute Gasteiger partial charge is 0.268 e.